The zero-order valence-corrected chi connectivity index (χ0v) is 19.2. The fraction of sp³-hybridized carbons (Fsp3) is 0.269. The van der Waals surface area contributed by atoms with Crippen LogP contribution in [-0.2, 0) is 4.79 Å². The predicted molar refractivity (Wildman–Crippen MR) is 127 cm³/mol. The Hall–Kier alpha value is -3.25. The smallest absolute Gasteiger partial charge is 0.254 e. The van der Waals surface area contributed by atoms with Gasteiger partial charge < -0.3 is 10.2 Å². The quantitative estimate of drug-likeness (QED) is 0.507. The molecule has 1 aliphatic heterocycles. The van der Waals surface area contributed by atoms with Crippen molar-refractivity contribution >= 4 is 34.6 Å². The average molecular weight is 447 g/mol. The van der Waals surface area contributed by atoms with Gasteiger partial charge in [-0.1, -0.05) is 50.2 Å². The van der Waals surface area contributed by atoms with E-state index in [0.717, 1.165) is 10.4 Å². The molecular weight excluding hydrogens is 420 g/mol. The number of anilines is 1. The van der Waals surface area contributed by atoms with Crippen LogP contribution in [0, 0.1) is 5.92 Å². The van der Waals surface area contributed by atoms with Gasteiger partial charge in [-0.25, -0.2) is 0 Å². The van der Waals surface area contributed by atoms with Gasteiger partial charge in [0, 0.05) is 28.2 Å². The normalized spacial score (nSPS) is 17.9. The molecule has 0 aliphatic carbocycles. The van der Waals surface area contributed by atoms with Gasteiger partial charge in [0.2, 0.25) is 5.91 Å². The number of fused-ring (bicyclic) bond motifs is 1. The molecule has 3 aromatic rings. The van der Waals surface area contributed by atoms with Crippen LogP contribution in [0.5, 0.6) is 0 Å². The minimum Gasteiger partial charge on any atom is -0.329 e. The van der Waals surface area contributed by atoms with Crippen LogP contribution >= 0.6 is 11.3 Å². The third-order valence-corrected chi connectivity index (χ3v) is 6.60. The molecule has 164 valence electrons. The van der Waals surface area contributed by atoms with Crippen LogP contribution in [0.2, 0.25) is 0 Å². The van der Waals surface area contributed by atoms with Gasteiger partial charge >= 0.3 is 0 Å². The third-order valence-electron chi connectivity index (χ3n) is 5.65. The van der Waals surface area contributed by atoms with Crippen molar-refractivity contribution in [2.24, 2.45) is 5.92 Å². The number of benzene rings is 2. The second kappa shape index (κ2) is 9.09. The van der Waals surface area contributed by atoms with Crippen LogP contribution in [0.1, 0.15) is 63.9 Å². The van der Waals surface area contributed by atoms with Gasteiger partial charge in [-0.2, -0.15) is 0 Å². The molecule has 1 N–H and O–H groups in total. The number of thiophene rings is 1. The van der Waals surface area contributed by atoms with Crippen LogP contribution in [0.4, 0.5) is 5.69 Å². The molecule has 0 fully saturated rings. The van der Waals surface area contributed by atoms with E-state index < -0.39 is 12.0 Å². The van der Waals surface area contributed by atoms with Crippen molar-refractivity contribution in [3.8, 4) is 0 Å². The molecule has 0 radical (unpaired) electrons. The molecule has 2 aromatic carbocycles. The predicted octanol–water partition coefficient (Wildman–Crippen LogP) is 5.53. The maximum Gasteiger partial charge on any atom is 0.254 e. The molecule has 2 amide bonds. The Morgan fingerprint density at radius 2 is 1.84 bits per heavy atom. The van der Waals surface area contributed by atoms with Crippen LogP contribution in [0.3, 0.4) is 0 Å². The maximum absolute atomic E-state index is 13.7. The second-order valence-electron chi connectivity index (χ2n) is 8.50. The molecule has 6 heteroatoms. The molecule has 0 saturated carbocycles. The Balaban J connectivity index is 1.80. The monoisotopic (exact) mass is 446 g/mol. The number of ketones is 1. The number of amides is 2. The first kappa shape index (κ1) is 22.0. The Morgan fingerprint density at radius 3 is 2.53 bits per heavy atom. The Kier molecular flexibility index (Phi) is 6.24. The van der Waals surface area contributed by atoms with Crippen LogP contribution < -0.4 is 5.32 Å². The van der Waals surface area contributed by atoms with E-state index in [0.29, 0.717) is 23.4 Å². The minimum atomic E-state index is -0.567. The number of carbonyl (C=O) groups excluding carboxylic acids is 3. The van der Waals surface area contributed by atoms with Gasteiger partial charge in [-0.3, -0.25) is 14.4 Å². The summed E-state index contributed by atoms with van der Waals surface area (Å²) in [5, 5.41) is 4.98. The summed E-state index contributed by atoms with van der Waals surface area (Å²) in [7, 11) is 0. The lowest BCUT2D eigenvalue weighted by Crippen LogP contribution is -2.47. The Bertz CT molecular complexity index is 1150. The van der Waals surface area contributed by atoms with E-state index in [9.17, 15) is 14.4 Å². The van der Waals surface area contributed by atoms with Crippen molar-refractivity contribution < 1.29 is 14.4 Å². The summed E-state index contributed by atoms with van der Waals surface area (Å²) in [5.41, 5.74) is 2.41. The summed E-state index contributed by atoms with van der Waals surface area (Å²) >= 11 is 1.55. The molecule has 2 atom stereocenters. The second-order valence-corrected chi connectivity index (χ2v) is 9.48. The number of rotatable bonds is 6. The molecule has 0 spiro atoms. The minimum absolute atomic E-state index is 0.0460. The highest BCUT2D eigenvalue weighted by molar-refractivity contribution is 7.10. The van der Waals surface area contributed by atoms with Crippen molar-refractivity contribution in [2.45, 2.75) is 32.7 Å². The van der Waals surface area contributed by atoms with E-state index in [1.54, 1.807) is 41.7 Å². The van der Waals surface area contributed by atoms with E-state index in [4.69, 9.17) is 0 Å². The fourth-order valence-electron chi connectivity index (χ4n) is 4.28. The average Bonchev–Trinajstić information content (AvgIpc) is 3.29. The van der Waals surface area contributed by atoms with Gasteiger partial charge in [-0.05, 0) is 48.1 Å². The summed E-state index contributed by atoms with van der Waals surface area (Å²) in [6, 6.07) is 17.9. The Morgan fingerprint density at radius 1 is 1.06 bits per heavy atom. The molecule has 0 unspecified atom stereocenters. The fourth-order valence-corrected chi connectivity index (χ4v) is 5.16. The number of carbonyl (C=O) groups is 3. The summed E-state index contributed by atoms with van der Waals surface area (Å²) in [6.45, 7) is 6.20. The van der Waals surface area contributed by atoms with Crippen molar-refractivity contribution in [2.75, 3.05) is 11.9 Å². The summed E-state index contributed by atoms with van der Waals surface area (Å²) < 4.78 is 0. The third kappa shape index (κ3) is 4.23. The molecule has 1 aliphatic rings. The highest BCUT2D eigenvalue weighted by Crippen LogP contribution is 2.45. The first-order valence-electron chi connectivity index (χ1n) is 10.7. The molecule has 5 nitrogen and oxygen atoms in total. The van der Waals surface area contributed by atoms with E-state index in [1.807, 2.05) is 40.6 Å². The SMILES string of the molecule is CC(=O)c1cccc(NC(=O)[C@@H]2c3ccccc3C(=O)N(CC(C)C)[C@H]2c2cccs2)c1. The highest BCUT2D eigenvalue weighted by Gasteiger charge is 2.44. The number of hydrogen-bond donors (Lipinski definition) is 1. The summed E-state index contributed by atoms with van der Waals surface area (Å²) in [5.74, 6) is -0.618. The number of nitrogens with one attached hydrogen (secondary N) is 1. The van der Waals surface area contributed by atoms with Gasteiger partial charge in [0.05, 0.1) is 12.0 Å². The van der Waals surface area contributed by atoms with Gasteiger partial charge in [0.25, 0.3) is 5.91 Å². The van der Waals surface area contributed by atoms with Crippen LogP contribution in [-0.4, -0.2) is 29.0 Å². The van der Waals surface area contributed by atoms with E-state index >= 15 is 0 Å². The first-order valence-corrected chi connectivity index (χ1v) is 11.6. The highest BCUT2D eigenvalue weighted by atomic mass is 32.1. The Labute approximate surface area is 192 Å². The topological polar surface area (TPSA) is 66.5 Å². The standard InChI is InChI=1S/C26H26N2O3S/c1-16(2)15-28-24(22-12-7-13-32-22)23(20-10-4-5-11-21(20)26(28)31)25(30)27-19-9-6-8-18(14-19)17(3)29/h4-14,16,23-24H,15H2,1-3H3,(H,27,30)/t23-,24+/m1/s1. The van der Waals surface area contributed by atoms with E-state index in [1.165, 1.54) is 6.92 Å². The molecule has 0 bridgehead atoms. The van der Waals surface area contributed by atoms with Crippen molar-refractivity contribution in [1.29, 1.82) is 0 Å². The van der Waals surface area contributed by atoms with Gasteiger partial charge in [0.15, 0.2) is 5.78 Å². The zero-order valence-electron chi connectivity index (χ0n) is 18.4. The molecule has 4 rings (SSSR count). The lowest BCUT2D eigenvalue weighted by Gasteiger charge is -2.42. The summed E-state index contributed by atoms with van der Waals surface area (Å²) in [6.07, 6.45) is 0. The molecule has 2 heterocycles. The number of nitrogens with zero attached hydrogens (tertiary/aromatic N) is 1. The number of Topliss-reactive ketones (excluding diaryl/α,β-unsaturated/α-hetero) is 1. The molecule has 1 aromatic heterocycles. The first-order chi connectivity index (χ1) is 15.4. The lowest BCUT2D eigenvalue weighted by molar-refractivity contribution is -0.119. The van der Waals surface area contributed by atoms with Gasteiger partial charge in [0.1, 0.15) is 0 Å². The molecule has 32 heavy (non-hydrogen) atoms. The van der Waals surface area contributed by atoms with E-state index in [2.05, 4.69) is 19.2 Å². The van der Waals surface area contributed by atoms with Crippen LogP contribution in [0.15, 0.2) is 66.0 Å². The van der Waals surface area contributed by atoms with Crippen molar-refractivity contribution in [3.05, 3.63) is 87.6 Å². The number of hydrogen-bond acceptors (Lipinski definition) is 4. The maximum atomic E-state index is 13.7. The lowest BCUT2D eigenvalue weighted by atomic mass is 9.81. The summed E-state index contributed by atoms with van der Waals surface area (Å²) in [4.78, 5) is 41.8. The largest absolute Gasteiger partial charge is 0.329 e. The van der Waals surface area contributed by atoms with Crippen LogP contribution in [0.25, 0.3) is 0 Å². The van der Waals surface area contributed by atoms with Crippen molar-refractivity contribution in [3.63, 3.8) is 0 Å². The van der Waals surface area contributed by atoms with E-state index in [-0.39, 0.29) is 23.5 Å². The van der Waals surface area contributed by atoms with Crippen molar-refractivity contribution in [1.82, 2.24) is 4.90 Å². The van der Waals surface area contributed by atoms with Gasteiger partial charge in [-0.15, -0.1) is 11.3 Å². The zero-order chi connectivity index (χ0) is 22.8. The molecular formula is C26H26N2O3S. The molecule has 0 saturated heterocycles.